The molecule has 116 valence electrons. The van der Waals surface area contributed by atoms with E-state index in [1.807, 2.05) is 60.9 Å². The Morgan fingerprint density at radius 2 is 1.91 bits per heavy atom. The van der Waals surface area contributed by atoms with Crippen molar-refractivity contribution in [1.29, 1.82) is 0 Å². The highest BCUT2D eigenvalue weighted by molar-refractivity contribution is 7.71. The molecule has 0 saturated heterocycles. The number of benzene rings is 2. The van der Waals surface area contributed by atoms with Crippen molar-refractivity contribution in [1.82, 2.24) is 14.8 Å². The first-order chi connectivity index (χ1) is 11.1. The van der Waals surface area contributed by atoms with E-state index in [0.29, 0.717) is 16.3 Å². The molecule has 0 fully saturated rings. The van der Waals surface area contributed by atoms with Crippen LogP contribution in [0.2, 0.25) is 0 Å². The molecule has 0 aliphatic carbocycles. The second kappa shape index (κ2) is 6.26. The van der Waals surface area contributed by atoms with Crippen LogP contribution in [0.1, 0.15) is 25.3 Å². The van der Waals surface area contributed by atoms with Crippen molar-refractivity contribution >= 4 is 17.9 Å². The molecule has 0 saturated carbocycles. The van der Waals surface area contributed by atoms with Gasteiger partial charge in [-0.1, -0.05) is 32.0 Å². The third-order valence-electron chi connectivity index (χ3n) is 3.69. The lowest BCUT2D eigenvalue weighted by Crippen LogP contribution is -1.98. The van der Waals surface area contributed by atoms with Crippen LogP contribution in [-0.2, 0) is 0 Å². The topological polar surface area (TPSA) is 63.0 Å². The van der Waals surface area contributed by atoms with Crippen molar-refractivity contribution in [2.45, 2.75) is 19.8 Å². The lowest BCUT2D eigenvalue weighted by atomic mass is 9.98. The second-order valence-corrected chi connectivity index (χ2v) is 5.93. The number of aromatic nitrogens is 3. The minimum atomic E-state index is 0.190. The highest BCUT2D eigenvalue weighted by atomic mass is 32.1. The van der Waals surface area contributed by atoms with Crippen LogP contribution in [0.4, 0.5) is 5.69 Å². The number of aromatic amines is 1. The molecule has 0 aliphatic rings. The van der Waals surface area contributed by atoms with Gasteiger partial charge in [0.15, 0.2) is 10.6 Å². The van der Waals surface area contributed by atoms with Gasteiger partial charge in [0, 0.05) is 11.3 Å². The van der Waals surface area contributed by atoms with Gasteiger partial charge in [0.25, 0.3) is 0 Å². The minimum Gasteiger partial charge on any atom is -0.268 e. The van der Waals surface area contributed by atoms with Crippen LogP contribution < -0.4 is 0 Å². The van der Waals surface area contributed by atoms with Crippen LogP contribution in [0.5, 0.6) is 0 Å². The molecule has 5 nitrogen and oxygen atoms in total. The van der Waals surface area contributed by atoms with E-state index < -0.39 is 0 Å². The molecule has 0 spiro atoms. The molecule has 1 heterocycles. The van der Waals surface area contributed by atoms with Crippen LogP contribution in [0.3, 0.4) is 0 Å². The van der Waals surface area contributed by atoms with E-state index in [9.17, 15) is 4.91 Å². The van der Waals surface area contributed by atoms with Gasteiger partial charge in [0.05, 0.1) is 0 Å². The Kier molecular flexibility index (Phi) is 4.16. The van der Waals surface area contributed by atoms with Gasteiger partial charge in [-0.2, -0.15) is 5.10 Å². The number of nitroso groups, excluding NO2 is 1. The first kappa shape index (κ1) is 15.3. The normalized spacial score (nSPS) is 10.9. The maximum atomic E-state index is 11.0. The van der Waals surface area contributed by atoms with Gasteiger partial charge in [0.1, 0.15) is 5.69 Å². The Bertz CT molecular complexity index is 896. The molecule has 0 bridgehead atoms. The lowest BCUT2D eigenvalue weighted by Gasteiger charge is -2.11. The van der Waals surface area contributed by atoms with Crippen molar-refractivity contribution in [2.75, 3.05) is 0 Å². The molecule has 1 aromatic heterocycles. The van der Waals surface area contributed by atoms with Crippen LogP contribution >= 0.6 is 12.2 Å². The fourth-order valence-electron chi connectivity index (χ4n) is 2.55. The summed E-state index contributed by atoms with van der Waals surface area (Å²) in [4.78, 5) is 11.0. The van der Waals surface area contributed by atoms with E-state index >= 15 is 0 Å². The van der Waals surface area contributed by atoms with Gasteiger partial charge < -0.3 is 0 Å². The summed E-state index contributed by atoms with van der Waals surface area (Å²) in [7, 11) is 0. The quantitative estimate of drug-likeness (QED) is 0.535. The van der Waals surface area contributed by atoms with Crippen LogP contribution in [0.25, 0.3) is 17.1 Å². The van der Waals surface area contributed by atoms with E-state index in [1.165, 1.54) is 0 Å². The van der Waals surface area contributed by atoms with Gasteiger partial charge in [-0.25, -0.2) is 0 Å². The Morgan fingerprint density at radius 1 is 1.17 bits per heavy atom. The van der Waals surface area contributed by atoms with Crippen molar-refractivity contribution in [3.8, 4) is 17.1 Å². The highest BCUT2D eigenvalue weighted by Crippen LogP contribution is 2.31. The van der Waals surface area contributed by atoms with E-state index in [1.54, 1.807) is 6.07 Å². The minimum absolute atomic E-state index is 0.190. The molecular weight excluding hydrogens is 308 g/mol. The third kappa shape index (κ3) is 2.85. The third-order valence-corrected chi connectivity index (χ3v) is 3.97. The van der Waals surface area contributed by atoms with Crippen LogP contribution in [0, 0.1) is 9.68 Å². The molecule has 0 unspecified atom stereocenters. The van der Waals surface area contributed by atoms with E-state index in [4.69, 9.17) is 12.2 Å². The summed E-state index contributed by atoms with van der Waals surface area (Å²) in [5.74, 6) is 0.898. The van der Waals surface area contributed by atoms with Crippen LogP contribution in [0.15, 0.2) is 53.7 Å². The number of rotatable bonds is 4. The number of nitrogens with zero attached hydrogens (tertiary/aromatic N) is 3. The molecule has 1 N–H and O–H groups in total. The molecule has 0 aliphatic heterocycles. The Labute approximate surface area is 139 Å². The SMILES string of the molecule is CC(C)c1cc(-c2n[nH]c(=S)n2-c2ccccc2)ccc1N=O. The Morgan fingerprint density at radius 3 is 2.57 bits per heavy atom. The summed E-state index contributed by atoms with van der Waals surface area (Å²) in [5, 5.41) is 10.3. The molecule has 0 amide bonds. The molecule has 2 aromatic carbocycles. The van der Waals surface area contributed by atoms with Crippen molar-refractivity contribution in [3.05, 3.63) is 63.8 Å². The number of H-pyrrole nitrogens is 1. The number of para-hydroxylation sites is 1. The van der Waals surface area contributed by atoms with Crippen LogP contribution in [-0.4, -0.2) is 14.8 Å². The summed E-state index contributed by atoms with van der Waals surface area (Å²) in [6.45, 7) is 4.06. The van der Waals surface area contributed by atoms with Crippen molar-refractivity contribution < 1.29 is 0 Å². The predicted octanol–water partition coefficient (Wildman–Crippen LogP) is 5.12. The summed E-state index contributed by atoms with van der Waals surface area (Å²) in [6.07, 6.45) is 0. The summed E-state index contributed by atoms with van der Waals surface area (Å²) < 4.78 is 2.40. The Hall–Kier alpha value is -2.60. The zero-order valence-electron chi connectivity index (χ0n) is 12.9. The van der Waals surface area contributed by atoms with E-state index in [0.717, 1.165) is 16.8 Å². The largest absolute Gasteiger partial charge is 0.268 e. The molecule has 0 atom stereocenters. The van der Waals surface area contributed by atoms with E-state index in [2.05, 4.69) is 15.4 Å². The van der Waals surface area contributed by atoms with Gasteiger partial charge in [-0.3, -0.25) is 9.67 Å². The monoisotopic (exact) mass is 324 g/mol. The molecular formula is C17H16N4OS. The molecule has 6 heteroatoms. The number of hydrogen-bond acceptors (Lipinski definition) is 4. The number of nitrogens with one attached hydrogen (secondary N) is 1. The summed E-state index contributed by atoms with van der Waals surface area (Å²) in [6, 6.07) is 15.3. The smallest absolute Gasteiger partial charge is 0.200 e. The zero-order valence-corrected chi connectivity index (χ0v) is 13.7. The predicted molar refractivity (Wildman–Crippen MR) is 93.7 cm³/mol. The first-order valence-electron chi connectivity index (χ1n) is 7.32. The van der Waals surface area contributed by atoms with Gasteiger partial charge >= 0.3 is 0 Å². The van der Waals surface area contributed by atoms with E-state index in [-0.39, 0.29) is 5.92 Å². The van der Waals surface area contributed by atoms with Crippen molar-refractivity contribution in [2.24, 2.45) is 5.18 Å². The summed E-state index contributed by atoms with van der Waals surface area (Å²) >= 11 is 5.36. The maximum Gasteiger partial charge on any atom is 0.200 e. The molecule has 0 radical (unpaired) electrons. The van der Waals surface area contributed by atoms with Gasteiger partial charge in [-0.05, 0) is 59.2 Å². The molecule has 3 aromatic rings. The fourth-order valence-corrected chi connectivity index (χ4v) is 2.78. The maximum absolute atomic E-state index is 11.0. The lowest BCUT2D eigenvalue weighted by molar-refractivity contribution is 0.866. The zero-order chi connectivity index (χ0) is 16.4. The molecule has 3 rings (SSSR count). The molecule has 23 heavy (non-hydrogen) atoms. The standard InChI is InChI=1S/C17H16N4OS/c1-11(2)14-10-12(8-9-15(14)20-22)16-18-19-17(23)21(16)13-6-4-3-5-7-13/h3-11H,1-2H3,(H,19,23). The Balaban J connectivity index is 2.20. The highest BCUT2D eigenvalue weighted by Gasteiger charge is 2.14. The van der Waals surface area contributed by atoms with Gasteiger partial charge in [0.2, 0.25) is 0 Å². The summed E-state index contributed by atoms with van der Waals surface area (Å²) in [5.41, 5.74) is 3.18. The van der Waals surface area contributed by atoms with Crippen molar-refractivity contribution in [3.63, 3.8) is 0 Å². The number of hydrogen-bond donors (Lipinski definition) is 1. The first-order valence-corrected chi connectivity index (χ1v) is 7.73. The average molecular weight is 324 g/mol. The van der Waals surface area contributed by atoms with Gasteiger partial charge in [-0.15, -0.1) is 4.91 Å². The fraction of sp³-hybridized carbons (Fsp3) is 0.176. The second-order valence-electron chi connectivity index (χ2n) is 5.54. The average Bonchev–Trinajstić information content (AvgIpc) is 2.96.